The lowest BCUT2D eigenvalue weighted by molar-refractivity contribution is -0.143. The fraction of sp³-hybridized carbons (Fsp3) is 0.476. The Bertz CT molecular complexity index is 951. The molecule has 0 spiro atoms. The average molecular weight is 434 g/mol. The summed E-state index contributed by atoms with van der Waals surface area (Å²) < 4.78 is 37.4. The van der Waals surface area contributed by atoms with Crippen LogP contribution < -0.4 is 4.74 Å². The van der Waals surface area contributed by atoms with Crippen LogP contribution in [-0.2, 0) is 20.7 Å². The Labute approximate surface area is 178 Å². The second-order valence-corrected chi connectivity index (χ2v) is 7.61. The number of rotatable bonds is 7. The van der Waals surface area contributed by atoms with Gasteiger partial charge in [0.05, 0.1) is 32.0 Å². The first-order valence-corrected chi connectivity index (χ1v) is 10.3. The third kappa shape index (κ3) is 5.19. The van der Waals surface area contributed by atoms with E-state index in [0.717, 1.165) is 24.2 Å². The molecule has 1 aromatic heterocycles. The number of halogens is 2. The molecular weight excluding hydrogens is 410 g/mol. The summed E-state index contributed by atoms with van der Waals surface area (Å²) in [7, 11) is 0. The number of likely N-dealkylation sites (tertiary alicyclic amines) is 1. The molecule has 10 heteroatoms. The molecule has 0 bridgehead atoms. The molecule has 0 radical (unpaired) electrons. The van der Waals surface area contributed by atoms with E-state index >= 15 is 0 Å². The van der Waals surface area contributed by atoms with Crippen molar-refractivity contribution in [2.24, 2.45) is 0 Å². The molecule has 0 aliphatic carbocycles. The monoisotopic (exact) mass is 434 g/mol. The Kier molecular flexibility index (Phi) is 6.45. The van der Waals surface area contributed by atoms with E-state index in [1.807, 2.05) is 6.07 Å². The fourth-order valence-electron chi connectivity index (χ4n) is 3.71. The minimum atomic E-state index is -0.955. The van der Waals surface area contributed by atoms with E-state index in [-0.39, 0.29) is 36.8 Å². The molecule has 2 aliphatic rings. The number of aromatic nitrogens is 2. The molecule has 2 saturated heterocycles. The van der Waals surface area contributed by atoms with E-state index in [2.05, 4.69) is 10.2 Å². The van der Waals surface area contributed by atoms with Crippen LogP contribution in [0, 0.1) is 11.6 Å². The molecule has 4 rings (SSSR count). The number of carbonyl (C=O) groups is 2. The quantitative estimate of drug-likeness (QED) is 0.719. The van der Waals surface area contributed by atoms with Crippen molar-refractivity contribution in [2.45, 2.75) is 25.4 Å². The molecule has 1 atom stereocenters. The molecule has 3 heterocycles. The zero-order valence-electron chi connectivity index (χ0n) is 17.0. The minimum absolute atomic E-state index is 0.0284. The lowest BCUT2D eigenvalue weighted by Gasteiger charge is -2.33. The summed E-state index contributed by atoms with van der Waals surface area (Å²) in [5.74, 6) is -1.68. The number of H-pyrrole nitrogens is 1. The van der Waals surface area contributed by atoms with Gasteiger partial charge >= 0.3 is 0 Å². The van der Waals surface area contributed by atoms with Crippen molar-refractivity contribution in [3.8, 4) is 5.75 Å². The second kappa shape index (κ2) is 9.42. The average Bonchev–Trinajstić information content (AvgIpc) is 3.40. The molecule has 8 nitrogen and oxygen atoms in total. The van der Waals surface area contributed by atoms with Crippen LogP contribution in [0.25, 0.3) is 0 Å². The first-order valence-electron chi connectivity index (χ1n) is 10.3. The van der Waals surface area contributed by atoms with Crippen LogP contribution in [0.2, 0.25) is 0 Å². The highest BCUT2D eigenvalue weighted by atomic mass is 19.2. The number of nitrogens with zero attached hydrogens (tertiary/aromatic N) is 3. The number of carbonyl (C=O) groups excluding carboxylic acids is 2. The molecule has 1 N–H and O–H groups in total. The predicted molar refractivity (Wildman–Crippen MR) is 105 cm³/mol. The minimum Gasteiger partial charge on any atom is -0.493 e. The van der Waals surface area contributed by atoms with E-state index in [4.69, 9.17) is 9.47 Å². The van der Waals surface area contributed by atoms with Gasteiger partial charge in [0.25, 0.3) is 0 Å². The maximum Gasteiger partial charge on any atom is 0.242 e. The predicted octanol–water partition coefficient (Wildman–Crippen LogP) is 1.83. The Balaban J connectivity index is 1.28. The Morgan fingerprint density at radius 2 is 2.13 bits per heavy atom. The van der Waals surface area contributed by atoms with Crippen molar-refractivity contribution in [1.29, 1.82) is 0 Å². The topological polar surface area (TPSA) is 87.8 Å². The normalized spacial score (nSPS) is 19.2. The van der Waals surface area contributed by atoms with Crippen LogP contribution in [-0.4, -0.2) is 71.2 Å². The number of hydrogen-bond donors (Lipinski definition) is 1. The van der Waals surface area contributed by atoms with Crippen LogP contribution in [0.15, 0.2) is 24.3 Å². The Morgan fingerprint density at radius 3 is 2.90 bits per heavy atom. The SMILES string of the molecule is O=C1CCCN1CC(=O)N1CCO[C@H](c2cc(CCOc3ccc(F)c(F)c3)[nH]n2)C1. The lowest BCUT2D eigenvalue weighted by atomic mass is 10.2. The molecule has 2 aliphatic heterocycles. The number of nitrogens with one attached hydrogen (secondary N) is 1. The van der Waals surface area contributed by atoms with Crippen LogP contribution in [0.3, 0.4) is 0 Å². The molecule has 2 fully saturated rings. The first-order chi connectivity index (χ1) is 15.0. The third-order valence-corrected chi connectivity index (χ3v) is 5.43. The van der Waals surface area contributed by atoms with E-state index in [9.17, 15) is 18.4 Å². The highest BCUT2D eigenvalue weighted by Gasteiger charge is 2.30. The third-order valence-electron chi connectivity index (χ3n) is 5.43. The number of ether oxygens (including phenoxy) is 2. The highest BCUT2D eigenvalue weighted by Crippen LogP contribution is 2.22. The second-order valence-electron chi connectivity index (χ2n) is 7.61. The van der Waals surface area contributed by atoms with Crippen molar-refractivity contribution < 1.29 is 27.8 Å². The maximum atomic E-state index is 13.2. The van der Waals surface area contributed by atoms with Gasteiger partial charge in [-0.15, -0.1) is 0 Å². The summed E-state index contributed by atoms with van der Waals surface area (Å²) in [6.07, 6.45) is 1.44. The van der Waals surface area contributed by atoms with E-state index in [0.29, 0.717) is 44.8 Å². The van der Waals surface area contributed by atoms with Gasteiger partial charge in [-0.05, 0) is 24.6 Å². The van der Waals surface area contributed by atoms with Gasteiger partial charge in [-0.3, -0.25) is 14.7 Å². The van der Waals surface area contributed by atoms with Gasteiger partial charge in [0.2, 0.25) is 11.8 Å². The molecule has 2 amide bonds. The molecule has 1 aromatic carbocycles. The molecule has 0 unspecified atom stereocenters. The number of morpholine rings is 1. The number of aromatic amines is 1. The standard InChI is InChI=1S/C21H24F2N4O4/c22-16-4-3-15(11-17(16)23)30-8-5-14-10-18(25-24-14)19-12-27(7-9-31-19)21(29)13-26-6-1-2-20(26)28/h3-4,10-11,19H,1-2,5-9,12-13H2,(H,24,25)/t19-/m0/s1. The fourth-order valence-corrected chi connectivity index (χ4v) is 3.71. The smallest absolute Gasteiger partial charge is 0.242 e. The zero-order chi connectivity index (χ0) is 21.8. The first kappa shape index (κ1) is 21.2. The Hall–Kier alpha value is -3.01. The van der Waals surface area contributed by atoms with Gasteiger partial charge in [0.15, 0.2) is 11.6 Å². The lowest BCUT2D eigenvalue weighted by Crippen LogP contribution is -2.47. The van der Waals surface area contributed by atoms with Crippen LogP contribution >= 0.6 is 0 Å². The largest absolute Gasteiger partial charge is 0.493 e. The summed E-state index contributed by atoms with van der Waals surface area (Å²) in [6.45, 7) is 2.25. The Morgan fingerprint density at radius 1 is 1.26 bits per heavy atom. The number of hydrogen-bond acceptors (Lipinski definition) is 5. The van der Waals surface area contributed by atoms with Gasteiger partial charge in [-0.1, -0.05) is 0 Å². The van der Waals surface area contributed by atoms with E-state index < -0.39 is 11.6 Å². The maximum absolute atomic E-state index is 13.2. The van der Waals surface area contributed by atoms with Crippen LogP contribution in [0.5, 0.6) is 5.75 Å². The van der Waals surface area contributed by atoms with Gasteiger partial charge in [0, 0.05) is 37.7 Å². The van der Waals surface area contributed by atoms with Gasteiger partial charge in [-0.25, -0.2) is 8.78 Å². The molecule has 0 saturated carbocycles. The zero-order valence-corrected chi connectivity index (χ0v) is 17.0. The summed E-state index contributed by atoms with van der Waals surface area (Å²) in [6, 6.07) is 5.24. The summed E-state index contributed by atoms with van der Waals surface area (Å²) in [4.78, 5) is 27.7. The number of amides is 2. The summed E-state index contributed by atoms with van der Waals surface area (Å²) in [5, 5.41) is 7.20. The van der Waals surface area contributed by atoms with Gasteiger partial charge < -0.3 is 19.3 Å². The van der Waals surface area contributed by atoms with E-state index in [1.165, 1.54) is 6.07 Å². The van der Waals surface area contributed by atoms with Crippen molar-refractivity contribution in [1.82, 2.24) is 20.0 Å². The van der Waals surface area contributed by atoms with Crippen LogP contribution in [0.4, 0.5) is 8.78 Å². The molecule has 2 aromatic rings. The molecule has 166 valence electrons. The summed E-state index contributed by atoms with van der Waals surface area (Å²) >= 11 is 0. The van der Waals surface area contributed by atoms with Crippen molar-refractivity contribution in [3.05, 3.63) is 47.3 Å². The highest BCUT2D eigenvalue weighted by molar-refractivity contribution is 5.86. The van der Waals surface area contributed by atoms with Crippen molar-refractivity contribution in [2.75, 3.05) is 39.4 Å². The van der Waals surface area contributed by atoms with E-state index in [1.54, 1.807) is 9.80 Å². The van der Waals surface area contributed by atoms with Crippen molar-refractivity contribution in [3.63, 3.8) is 0 Å². The van der Waals surface area contributed by atoms with Gasteiger partial charge in [0.1, 0.15) is 11.9 Å². The van der Waals surface area contributed by atoms with Crippen LogP contribution in [0.1, 0.15) is 30.3 Å². The summed E-state index contributed by atoms with van der Waals surface area (Å²) in [5.41, 5.74) is 1.48. The molecular formula is C21H24F2N4O4. The van der Waals surface area contributed by atoms with Crippen molar-refractivity contribution >= 4 is 11.8 Å². The van der Waals surface area contributed by atoms with Gasteiger partial charge in [-0.2, -0.15) is 5.10 Å². The number of benzene rings is 1. The molecule has 31 heavy (non-hydrogen) atoms.